The van der Waals surface area contributed by atoms with E-state index in [4.69, 9.17) is 5.73 Å². The zero-order chi connectivity index (χ0) is 13.2. The van der Waals surface area contributed by atoms with Gasteiger partial charge >= 0.3 is 0 Å². The van der Waals surface area contributed by atoms with Crippen molar-refractivity contribution in [2.24, 2.45) is 11.7 Å². The van der Waals surface area contributed by atoms with E-state index in [1.165, 1.54) is 30.5 Å². The molecule has 1 aliphatic carbocycles. The lowest BCUT2D eigenvalue weighted by Crippen LogP contribution is -2.56. The van der Waals surface area contributed by atoms with Crippen molar-refractivity contribution in [2.75, 3.05) is 18.0 Å². The van der Waals surface area contributed by atoms with Crippen LogP contribution in [0.25, 0.3) is 0 Å². The first kappa shape index (κ1) is 13.4. The van der Waals surface area contributed by atoms with Gasteiger partial charge in [0.2, 0.25) is 0 Å². The smallest absolute Gasteiger partial charge is 0.0549 e. The van der Waals surface area contributed by atoms with Crippen LogP contribution in [-0.4, -0.2) is 18.6 Å². The summed E-state index contributed by atoms with van der Waals surface area (Å²) in [6, 6.07) is 8.81. The fourth-order valence-corrected chi connectivity index (χ4v) is 3.59. The molecule has 18 heavy (non-hydrogen) atoms. The lowest BCUT2D eigenvalue weighted by molar-refractivity contribution is 0.321. The SMILES string of the molecule is CCN(c1cccc(C)c1)C1(CN)CCCC1C. The number of anilines is 1. The minimum atomic E-state index is 0.169. The molecule has 2 unspecified atom stereocenters. The molecule has 0 saturated heterocycles. The maximum Gasteiger partial charge on any atom is 0.0549 e. The first-order chi connectivity index (χ1) is 8.64. The number of hydrogen-bond acceptors (Lipinski definition) is 2. The van der Waals surface area contributed by atoms with E-state index in [1.807, 2.05) is 0 Å². The maximum absolute atomic E-state index is 6.17. The summed E-state index contributed by atoms with van der Waals surface area (Å²) in [4.78, 5) is 2.54. The highest BCUT2D eigenvalue weighted by molar-refractivity contribution is 5.51. The molecule has 0 aromatic heterocycles. The Morgan fingerprint density at radius 3 is 2.72 bits per heavy atom. The van der Waals surface area contributed by atoms with Crippen LogP contribution in [0.4, 0.5) is 5.69 Å². The van der Waals surface area contributed by atoms with Gasteiger partial charge in [0, 0.05) is 18.8 Å². The first-order valence-electron chi connectivity index (χ1n) is 7.18. The van der Waals surface area contributed by atoms with Crippen molar-refractivity contribution in [1.29, 1.82) is 0 Å². The minimum absolute atomic E-state index is 0.169. The molecule has 0 bridgehead atoms. The molecular weight excluding hydrogens is 220 g/mol. The van der Waals surface area contributed by atoms with Gasteiger partial charge in [-0.15, -0.1) is 0 Å². The van der Waals surface area contributed by atoms with Gasteiger partial charge in [-0.2, -0.15) is 0 Å². The second-order valence-electron chi connectivity index (χ2n) is 5.68. The fraction of sp³-hybridized carbons (Fsp3) is 0.625. The standard InChI is InChI=1S/C16H26N2/c1-4-18(15-9-5-7-13(2)11-15)16(12-17)10-6-8-14(16)3/h5,7,9,11,14H,4,6,8,10,12,17H2,1-3H3. The average molecular weight is 246 g/mol. The summed E-state index contributed by atoms with van der Waals surface area (Å²) >= 11 is 0. The molecule has 2 rings (SSSR count). The summed E-state index contributed by atoms with van der Waals surface area (Å²) in [5.74, 6) is 0.683. The van der Waals surface area contributed by atoms with E-state index in [9.17, 15) is 0 Å². The van der Waals surface area contributed by atoms with Gasteiger partial charge < -0.3 is 10.6 Å². The number of aryl methyl sites for hydroxylation is 1. The minimum Gasteiger partial charge on any atom is -0.365 e. The largest absolute Gasteiger partial charge is 0.365 e. The summed E-state index contributed by atoms with van der Waals surface area (Å²) in [6.45, 7) is 8.55. The van der Waals surface area contributed by atoms with Gasteiger partial charge in [0.25, 0.3) is 0 Å². The van der Waals surface area contributed by atoms with E-state index in [-0.39, 0.29) is 5.54 Å². The lowest BCUT2D eigenvalue weighted by atomic mass is 9.85. The Balaban J connectivity index is 2.38. The maximum atomic E-state index is 6.17. The molecule has 100 valence electrons. The van der Waals surface area contributed by atoms with E-state index < -0.39 is 0 Å². The third-order valence-electron chi connectivity index (χ3n) is 4.68. The van der Waals surface area contributed by atoms with Crippen LogP contribution in [0.3, 0.4) is 0 Å². The van der Waals surface area contributed by atoms with Crippen molar-refractivity contribution < 1.29 is 0 Å². The Kier molecular flexibility index (Phi) is 3.96. The van der Waals surface area contributed by atoms with Crippen LogP contribution >= 0.6 is 0 Å². The summed E-state index contributed by atoms with van der Waals surface area (Å²) < 4.78 is 0. The highest BCUT2D eigenvalue weighted by atomic mass is 15.2. The summed E-state index contributed by atoms with van der Waals surface area (Å²) in [7, 11) is 0. The van der Waals surface area contributed by atoms with Gasteiger partial charge in [-0.3, -0.25) is 0 Å². The Labute approximate surface area is 111 Å². The molecule has 0 heterocycles. The number of nitrogens with two attached hydrogens (primary N) is 1. The third-order valence-corrected chi connectivity index (χ3v) is 4.68. The van der Waals surface area contributed by atoms with E-state index in [1.54, 1.807) is 0 Å². The van der Waals surface area contributed by atoms with Crippen molar-refractivity contribution >= 4 is 5.69 Å². The summed E-state index contributed by atoms with van der Waals surface area (Å²) in [6.07, 6.45) is 3.84. The van der Waals surface area contributed by atoms with Gasteiger partial charge in [0.1, 0.15) is 0 Å². The van der Waals surface area contributed by atoms with Crippen LogP contribution in [0.5, 0.6) is 0 Å². The Hall–Kier alpha value is -1.02. The van der Waals surface area contributed by atoms with Crippen molar-refractivity contribution in [3.63, 3.8) is 0 Å². The molecule has 1 aromatic carbocycles. The molecule has 1 aliphatic rings. The highest BCUT2D eigenvalue weighted by Gasteiger charge is 2.43. The molecule has 2 nitrogen and oxygen atoms in total. The predicted octanol–water partition coefficient (Wildman–Crippen LogP) is 3.34. The third kappa shape index (κ3) is 2.14. The zero-order valence-electron chi connectivity index (χ0n) is 11.9. The zero-order valence-corrected chi connectivity index (χ0v) is 11.9. The molecule has 2 N–H and O–H groups in total. The number of likely N-dealkylation sites (N-methyl/N-ethyl adjacent to an activating group) is 1. The molecule has 1 aromatic rings. The topological polar surface area (TPSA) is 29.3 Å². The lowest BCUT2D eigenvalue weighted by Gasteiger charge is -2.45. The van der Waals surface area contributed by atoms with E-state index in [0.717, 1.165) is 13.1 Å². The van der Waals surface area contributed by atoms with Gasteiger partial charge in [0.05, 0.1) is 5.54 Å². The van der Waals surface area contributed by atoms with Crippen molar-refractivity contribution in [2.45, 2.75) is 45.6 Å². The first-order valence-corrected chi connectivity index (χ1v) is 7.18. The Morgan fingerprint density at radius 1 is 1.44 bits per heavy atom. The Morgan fingerprint density at radius 2 is 2.22 bits per heavy atom. The van der Waals surface area contributed by atoms with Crippen LogP contribution in [0.1, 0.15) is 38.7 Å². The number of hydrogen-bond donors (Lipinski definition) is 1. The molecular formula is C16H26N2. The second kappa shape index (κ2) is 5.31. The van der Waals surface area contributed by atoms with Gasteiger partial charge in [-0.05, 0) is 50.3 Å². The molecule has 0 aliphatic heterocycles. The molecule has 2 atom stereocenters. The normalized spacial score (nSPS) is 27.4. The van der Waals surface area contributed by atoms with Crippen molar-refractivity contribution in [1.82, 2.24) is 0 Å². The predicted molar refractivity (Wildman–Crippen MR) is 79.0 cm³/mol. The molecule has 0 amide bonds. The summed E-state index contributed by atoms with van der Waals surface area (Å²) in [5.41, 5.74) is 8.99. The molecule has 1 fully saturated rings. The van der Waals surface area contributed by atoms with Crippen LogP contribution < -0.4 is 10.6 Å². The van der Waals surface area contributed by atoms with Gasteiger partial charge in [0.15, 0.2) is 0 Å². The Bertz CT molecular complexity index is 402. The highest BCUT2D eigenvalue weighted by Crippen LogP contribution is 2.41. The van der Waals surface area contributed by atoms with Gasteiger partial charge in [-0.1, -0.05) is 25.5 Å². The summed E-state index contributed by atoms with van der Waals surface area (Å²) in [5, 5.41) is 0. The number of rotatable bonds is 4. The molecule has 0 spiro atoms. The number of benzene rings is 1. The quantitative estimate of drug-likeness (QED) is 0.883. The number of nitrogens with zero attached hydrogens (tertiary/aromatic N) is 1. The van der Waals surface area contributed by atoms with E-state index in [2.05, 4.69) is 49.9 Å². The van der Waals surface area contributed by atoms with Crippen LogP contribution in [0.2, 0.25) is 0 Å². The van der Waals surface area contributed by atoms with Crippen molar-refractivity contribution in [3.05, 3.63) is 29.8 Å². The molecule has 1 saturated carbocycles. The van der Waals surface area contributed by atoms with Gasteiger partial charge in [-0.25, -0.2) is 0 Å². The van der Waals surface area contributed by atoms with E-state index in [0.29, 0.717) is 5.92 Å². The second-order valence-corrected chi connectivity index (χ2v) is 5.68. The monoisotopic (exact) mass is 246 g/mol. The fourth-order valence-electron chi connectivity index (χ4n) is 3.59. The van der Waals surface area contributed by atoms with Crippen LogP contribution in [0, 0.1) is 12.8 Å². The van der Waals surface area contributed by atoms with Crippen LogP contribution in [0.15, 0.2) is 24.3 Å². The molecule has 0 radical (unpaired) electrons. The van der Waals surface area contributed by atoms with Crippen LogP contribution in [-0.2, 0) is 0 Å². The molecule has 2 heteroatoms. The van der Waals surface area contributed by atoms with E-state index >= 15 is 0 Å². The average Bonchev–Trinajstić information content (AvgIpc) is 2.73. The van der Waals surface area contributed by atoms with Crippen molar-refractivity contribution in [3.8, 4) is 0 Å².